The third-order valence-corrected chi connectivity index (χ3v) is 3.19. The second kappa shape index (κ2) is 6.39. The molecule has 0 spiro atoms. The maximum atomic E-state index is 5.94. The fourth-order valence-corrected chi connectivity index (χ4v) is 2.24. The van der Waals surface area contributed by atoms with Crippen molar-refractivity contribution in [2.24, 2.45) is 0 Å². The first-order valence-electron chi connectivity index (χ1n) is 5.32. The number of hydrogen-bond donors (Lipinski definition) is 0. The molecule has 0 unspecified atom stereocenters. The van der Waals surface area contributed by atoms with E-state index in [1.165, 1.54) is 11.3 Å². The summed E-state index contributed by atoms with van der Waals surface area (Å²) in [5.41, 5.74) is 2.46. The predicted octanol–water partition coefficient (Wildman–Crippen LogP) is 4.42. The highest BCUT2D eigenvalue weighted by molar-refractivity contribution is 9.10. The number of nitrogens with zero attached hydrogens (tertiary/aromatic N) is 1. The third kappa shape index (κ3) is 3.39. The van der Waals surface area contributed by atoms with Crippen molar-refractivity contribution in [1.82, 2.24) is 0 Å². The van der Waals surface area contributed by atoms with Gasteiger partial charge in [-0.05, 0) is 31.0 Å². The fraction of sp³-hybridized carbons (Fsp3) is 0.500. The average molecular weight is 291 g/mol. The zero-order chi connectivity index (χ0) is 11.3. The molecular weight excluding hydrogens is 273 g/mol. The first kappa shape index (κ1) is 12.9. The summed E-state index contributed by atoms with van der Waals surface area (Å²) in [5, 5.41) is 0. The lowest BCUT2D eigenvalue weighted by molar-refractivity contribution is 0.788. The van der Waals surface area contributed by atoms with Crippen LogP contribution in [0.4, 0.5) is 5.69 Å². The molecule has 84 valence electrons. The number of alkyl halides is 1. The van der Waals surface area contributed by atoms with Crippen LogP contribution in [0.2, 0.25) is 0 Å². The summed E-state index contributed by atoms with van der Waals surface area (Å²) in [4.78, 5) is 2.36. The molecule has 0 aliphatic rings. The molecule has 0 N–H and O–H groups in total. The molecule has 0 bridgehead atoms. The van der Waals surface area contributed by atoms with E-state index >= 15 is 0 Å². The van der Waals surface area contributed by atoms with Crippen LogP contribution in [-0.4, -0.2) is 13.1 Å². The summed E-state index contributed by atoms with van der Waals surface area (Å²) < 4.78 is 1.11. The van der Waals surface area contributed by atoms with E-state index in [1.54, 1.807) is 0 Å². The molecule has 0 fully saturated rings. The molecule has 0 saturated heterocycles. The number of rotatable bonds is 5. The highest BCUT2D eigenvalue weighted by Crippen LogP contribution is 2.26. The molecular formula is C12H17BrClN. The predicted molar refractivity (Wildman–Crippen MR) is 71.9 cm³/mol. The van der Waals surface area contributed by atoms with Crippen molar-refractivity contribution in [1.29, 1.82) is 0 Å². The van der Waals surface area contributed by atoms with E-state index in [4.69, 9.17) is 11.6 Å². The van der Waals surface area contributed by atoms with Gasteiger partial charge in [0.2, 0.25) is 0 Å². The molecule has 3 heteroatoms. The number of anilines is 1. The van der Waals surface area contributed by atoms with Crippen LogP contribution in [0.15, 0.2) is 22.7 Å². The van der Waals surface area contributed by atoms with Gasteiger partial charge in [0.25, 0.3) is 0 Å². The van der Waals surface area contributed by atoms with E-state index in [0.29, 0.717) is 5.88 Å². The van der Waals surface area contributed by atoms with E-state index in [2.05, 4.69) is 46.8 Å². The highest BCUT2D eigenvalue weighted by atomic mass is 79.9. The third-order valence-electron chi connectivity index (χ3n) is 2.41. The Hall–Kier alpha value is -0.210. The van der Waals surface area contributed by atoms with E-state index < -0.39 is 0 Å². The van der Waals surface area contributed by atoms with Crippen molar-refractivity contribution in [2.75, 3.05) is 18.0 Å². The molecule has 0 aromatic heterocycles. The van der Waals surface area contributed by atoms with Gasteiger partial charge in [-0.3, -0.25) is 0 Å². The molecule has 0 aliphatic carbocycles. The monoisotopic (exact) mass is 289 g/mol. The molecule has 1 rings (SSSR count). The van der Waals surface area contributed by atoms with Crippen molar-refractivity contribution in [3.8, 4) is 0 Å². The quantitative estimate of drug-likeness (QED) is 0.725. The van der Waals surface area contributed by atoms with E-state index in [1.807, 2.05) is 6.07 Å². The van der Waals surface area contributed by atoms with Crippen LogP contribution in [-0.2, 0) is 5.88 Å². The molecule has 15 heavy (non-hydrogen) atoms. The lowest BCUT2D eigenvalue weighted by Crippen LogP contribution is -2.24. The van der Waals surface area contributed by atoms with Crippen LogP contribution < -0.4 is 4.90 Å². The lowest BCUT2D eigenvalue weighted by atomic mass is 10.1. The van der Waals surface area contributed by atoms with Gasteiger partial charge >= 0.3 is 0 Å². The minimum Gasteiger partial charge on any atom is -0.372 e. The normalized spacial score (nSPS) is 10.4. The van der Waals surface area contributed by atoms with Gasteiger partial charge in [0.1, 0.15) is 0 Å². The average Bonchev–Trinajstić information content (AvgIpc) is 2.26. The van der Waals surface area contributed by atoms with Crippen molar-refractivity contribution in [2.45, 2.75) is 26.1 Å². The van der Waals surface area contributed by atoms with Crippen molar-refractivity contribution in [3.63, 3.8) is 0 Å². The van der Waals surface area contributed by atoms with E-state index in [9.17, 15) is 0 Å². The minimum atomic E-state index is 0.572. The van der Waals surface area contributed by atoms with Gasteiger partial charge in [-0.1, -0.05) is 28.9 Å². The molecule has 0 radical (unpaired) electrons. The van der Waals surface area contributed by atoms with Gasteiger partial charge in [0, 0.05) is 29.1 Å². The standard InChI is InChI=1S/C12H17BrClN/c1-3-7-15(4-2)12-8-11(13)6-5-10(12)9-14/h5-6,8H,3-4,7,9H2,1-2H3. The summed E-state index contributed by atoms with van der Waals surface area (Å²) >= 11 is 9.45. The lowest BCUT2D eigenvalue weighted by Gasteiger charge is -2.25. The van der Waals surface area contributed by atoms with Gasteiger partial charge in [-0.25, -0.2) is 0 Å². The van der Waals surface area contributed by atoms with Crippen LogP contribution in [0.1, 0.15) is 25.8 Å². The largest absolute Gasteiger partial charge is 0.372 e. The Kier molecular flexibility index (Phi) is 5.48. The van der Waals surface area contributed by atoms with Gasteiger partial charge in [-0.15, -0.1) is 11.6 Å². The Morgan fingerprint density at radius 1 is 1.33 bits per heavy atom. The minimum absolute atomic E-state index is 0.572. The van der Waals surface area contributed by atoms with E-state index in [0.717, 1.165) is 24.0 Å². The number of benzene rings is 1. The summed E-state index contributed by atoms with van der Waals surface area (Å²) in [6.45, 7) is 6.47. The maximum absolute atomic E-state index is 5.94. The summed E-state index contributed by atoms with van der Waals surface area (Å²) in [7, 11) is 0. The smallest absolute Gasteiger partial charge is 0.0494 e. The number of hydrogen-bond acceptors (Lipinski definition) is 1. The van der Waals surface area contributed by atoms with Gasteiger partial charge in [0.05, 0.1) is 0 Å². The van der Waals surface area contributed by atoms with Crippen LogP contribution >= 0.6 is 27.5 Å². The SMILES string of the molecule is CCCN(CC)c1cc(Br)ccc1CCl. The van der Waals surface area contributed by atoms with E-state index in [-0.39, 0.29) is 0 Å². The van der Waals surface area contributed by atoms with Crippen molar-refractivity contribution in [3.05, 3.63) is 28.2 Å². The van der Waals surface area contributed by atoms with Crippen molar-refractivity contribution < 1.29 is 0 Å². The fourth-order valence-electron chi connectivity index (χ4n) is 1.66. The second-order valence-corrected chi connectivity index (χ2v) is 4.67. The van der Waals surface area contributed by atoms with Gasteiger partial charge in [-0.2, -0.15) is 0 Å². The molecule has 0 aliphatic heterocycles. The maximum Gasteiger partial charge on any atom is 0.0494 e. The van der Waals surface area contributed by atoms with Crippen LogP contribution in [0.3, 0.4) is 0 Å². The molecule has 0 amide bonds. The Labute approximate surface area is 106 Å². The Balaban J connectivity index is 3.02. The second-order valence-electron chi connectivity index (χ2n) is 3.49. The molecule has 1 nitrogen and oxygen atoms in total. The first-order valence-corrected chi connectivity index (χ1v) is 6.65. The zero-order valence-corrected chi connectivity index (χ0v) is 11.6. The summed E-state index contributed by atoms with van der Waals surface area (Å²) in [6.07, 6.45) is 1.15. The molecule has 0 atom stereocenters. The first-order chi connectivity index (χ1) is 7.22. The molecule has 0 heterocycles. The molecule has 1 aromatic rings. The van der Waals surface area contributed by atoms with Crippen molar-refractivity contribution >= 4 is 33.2 Å². The summed E-state index contributed by atoms with van der Waals surface area (Å²) in [5.74, 6) is 0.572. The van der Waals surface area contributed by atoms with Crippen LogP contribution in [0.25, 0.3) is 0 Å². The topological polar surface area (TPSA) is 3.24 Å². The van der Waals surface area contributed by atoms with Crippen LogP contribution in [0, 0.1) is 0 Å². The Morgan fingerprint density at radius 3 is 2.60 bits per heavy atom. The molecule has 0 saturated carbocycles. The van der Waals surface area contributed by atoms with Gasteiger partial charge < -0.3 is 4.90 Å². The zero-order valence-electron chi connectivity index (χ0n) is 9.26. The van der Waals surface area contributed by atoms with Crippen LogP contribution in [0.5, 0.6) is 0 Å². The highest BCUT2D eigenvalue weighted by Gasteiger charge is 2.08. The Morgan fingerprint density at radius 2 is 2.07 bits per heavy atom. The molecule has 1 aromatic carbocycles. The Bertz CT molecular complexity index is 314. The summed E-state index contributed by atoms with van der Waals surface area (Å²) in [6, 6.07) is 6.28. The van der Waals surface area contributed by atoms with Gasteiger partial charge in [0.15, 0.2) is 0 Å². The number of halogens is 2.